The van der Waals surface area contributed by atoms with Crippen LogP contribution in [0.2, 0.25) is 0 Å². The lowest BCUT2D eigenvalue weighted by Gasteiger charge is -2.42. The highest BCUT2D eigenvalue weighted by molar-refractivity contribution is 4.88. The van der Waals surface area contributed by atoms with Crippen molar-refractivity contribution in [2.24, 2.45) is 23.0 Å². The summed E-state index contributed by atoms with van der Waals surface area (Å²) in [5.41, 5.74) is 6.35. The van der Waals surface area contributed by atoms with Gasteiger partial charge in [0.2, 0.25) is 0 Å². The van der Waals surface area contributed by atoms with Crippen LogP contribution in [-0.2, 0) is 9.47 Å². The molecular formula is C18H37NO2. The second-order valence-electron chi connectivity index (χ2n) is 7.22. The summed E-state index contributed by atoms with van der Waals surface area (Å²) in [5.74, 6) is 1.29. The highest BCUT2D eigenvalue weighted by Gasteiger charge is 2.37. The lowest BCUT2D eigenvalue weighted by Crippen LogP contribution is -2.40. The summed E-state index contributed by atoms with van der Waals surface area (Å²) in [6, 6.07) is 0. The van der Waals surface area contributed by atoms with Crippen LogP contribution in [0.5, 0.6) is 0 Å². The highest BCUT2D eigenvalue weighted by Crippen LogP contribution is 2.42. The summed E-state index contributed by atoms with van der Waals surface area (Å²) in [4.78, 5) is 0. The Balaban J connectivity index is 2.37. The van der Waals surface area contributed by atoms with Crippen molar-refractivity contribution in [3.05, 3.63) is 0 Å². The van der Waals surface area contributed by atoms with Gasteiger partial charge in [-0.3, -0.25) is 0 Å². The van der Waals surface area contributed by atoms with Crippen LogP contribution in [0, 0.1) is 17.3 Å². The molecule has 21 heavy (non-hydrogen) atoms. The van der Waals surface area contributed by atoms with Crippen LogP contribution in [-0.4, -0.2) is 32.5 Å². The van der Waals surface area contributed by atoms with Crippen molar-refractivity contribution in [2.45, 2.75) is 72.3 Å². The second kappa shape index (κ2) is 9.81. The third kappa shape index (κ3) is 6.25. The lowest BCUT2D eigenvalue weighted by molar-refractivity contribution is -0.0613. The summed E-state index contributed by atoms with van der Waals surface area (Å²) in [5, 5.41) is 0. The van der Waals surface area contributed by atoms with Gasteiger partial charge in [0.05, 0.1) is 19.3 Å². The molecule has 0 saturated heterocycles. The standard InChI is InChI=1S/C18H37NO2/c1-5-7-10-20-11-12-21-17-13-16(18(3,4)6-2)9-8-15(17)14-19/h15-17H,5-14,19H2,1-4H3. The SMILES string of the molecule is CCCCOCCOC1CC(C(C)(C)CC)CCC1CN. The molecule has 0 aromatic carbocycles. The molecule has 0 aliphatic heterocycles. The molecular weight excluding hydrogens is 262 g/mol. The van der Waals surface area contributed by atoms with Gasteiger partial charge in [-0.05, 0) is 49.5 Å². The van der Waals surface area contributed by atoms with E-state index in [4.69, 9.17) is 15.2 Å². The second-order valence-corrected chi connectivity index (χ2v) is 7.22. The molecule has 1 saturated carbocycles. The Bertz CT molecular complexity index is 268. The Hall–Kier alpha value is -0.120. The Labute approximate surface area is 132 Å². The van der Waals surface area contributed by atoms with Crippen molar-refractivity contribution in [2.75, 3.05) is 26.4 Å². The largest absolute Gasteiger partial charge is 0.379 e. The van der Waals surface area contributed by atoms with Gasteiger partial charge in [-0.15, -0.1) is 0 Å². The molecule has 0 heterocycles. The predicted octanol–water partition coefficient (Wildman–Crippen LogP) is 4.00. The summed E-state index contributed by atoms with van der Waals surface area (Å²) in [7, 11) is 0. The van der Waals surface area contributed by atoms with Gasteiger partial charge in [-0.25, -0.2) is 0 Å². The smallest absolute Gasteiger partial charge is 0.0704 e. The fourth-order valence-electron chi connectivity index (χ4n) is 3.27. The zero-order valence-corrected chi connectivity index (χ0v) is 14.7. The molecule has 3 heteroatoms. The van der Waals surface area contributed by atoms with Crippen molar-refractivity contribution in [1.82, 2.24) is 0 Å². The van der Waals surface area contributed by atoms with Crippen LogP contribution in [0.3, 0.4) is 0 Å². The first-order valence-corrected chi connectivity index (χ1v) is 8.94. The van der Waals surface area contributed by atoms with Crippen LogP contribution >= 0.6 is 0 Å². The molecule has 3 atom stereocenters. The minimum Gasteiger partial charge on any atom is -0.379 e. The monoisotopic (exact) mass is 299 g/mol. The summed E-state index contributed by atoms with van der Waals surface area (Å²) >= 11 is 0. The van der Waals surface area contributed by atoms with Crippen molar-refractivity contribution in [1.29, 1.82) is 0 Å². The van der Waals surface area contributed by atoms with Crippen LogP contribution < -0.4 is 5.73 Å². The van der Waals surface area contributed by atoms with E-state index >= 15 is 0 Å². The van der Waals surface area contributed by atoms with Gasteiger partial charge in [0.1, 0.15) is 0 Å². The molecule has 1 rings (SSSR count). The van der Waals surface area contributed by atoms with Crippen LogP contribution in [0.4, 0.5) is 0 Å². The average molecular weight is 299 g/mol. The van der Waals surface area contributed by atoms with Crippen molar-refractivity contribution in [3.63, 3.8) is 0 Å². The van der Waals surface area contributed by atoms with Gasteiger partial charge < -0.3 is 15.2 Å². The number of unbranched alkanes of at least 4 members (excludes halogenated alkanes) is 1. The van der Waals surface area contributed by atoms with Gasteiger partial charge in [-0.1, -0.05) is 40.5 Å². The van der Waals surface area contributed by atoms with Gasteiger partial charge in [-0.2, -0.15) is 0 Å². The molecule has 0 spiro atoms. The van der Waals surface area contributed by atoms with E-state index in [0.29, 0.717) is 24.0 Å². The lowest BCUT2D eigenvalue weighted by atomic mass is 9.66. The molecule has 1 aliphatic rings. The maximum Gasteiger partial charge on any atom is 0.0704 e. The van der Waals surface area contributed by atoms with E-state index in [2.05, 4.69) is 27.7 Å². The number of rotatable bonds is 10. The minimum absolute atomic E-state index is 0.328. The summed E-state index contributed by atoms with van der Waals surface area (Å²) < 4.78 is 11.7. The van der Waals surface area contributed by atoms with E-state index in [1.54, 1.807) is 0 Å². The van der Waals surface area contributed by atoms with Gasteiger partial charge in [0, 0.05) is 6.61 Å². The summed E-state index contributed by atoms with van der Waals surface area (Å²) in [6.45, 7) is 12.3. The molecule has 0 radical (unpaired) electrons. The molecule has 126 valence electrons. The first-order chi connectivity index (χ1) is 10.0. The molecule has 0 bridgehead atoms. The highest BCUT2D eigenvalue weighted by atomic mass is 16.5. The third-order valence-corrected chi connectivity index (χ3v) is 5.45. The van der Waals surface area contributed by atoms with Crippen molar-refractivity contribution in [3.8, 4) is 0 Å². The van der Waals surface area contributed by atoms with Crippen LogP contribution in [0.25, 0.3) is 0 Å². The van der Waals surface area contributed by atoms with Crippen LogP contribution in [0.1, 0.15) is 66.2 Å². The maximum absolute atomic E-state index is 6.13. The van der Waals surface area contributed by atoms with Gasteiger partial charge in [0.25, 0.3) is 0 Å². The van der Waals surface area contributed by atoms with Gasteiger partial charge in [0.15, 0.2) is 0 Å². The first-order valence-electron chi connectivity index (χ1n) is 8.94. The first kappa shape index (κ1) is 18.9. The normalized spacial score (nSPS) is 27.0. The number of hydrogen-bond acceptors (Lipinski definition) is 3. The Morgan fingerprint density at radius 2 is 1.86 bits per heavy atom. The molecule has 2 N–H and O–H groups in total. The van der Waals surface area contributed by atoms with E-state index in [-0.39, 0.29) is 0 Å². The molecule has 0 aromatic rings. The number of hydrogen-bond donors (Lipinski definition) is 1. The van der Waals surface area contributed by atoms with E-state index in [1.807, 2.05) is 0 Å². The fourth-order valence-corrected chi connectivity index (χ4v) is 3.27. The maximum atomic E-state index is 6.13. The van der Waals surface area contributed by atoms with E-state index in [9.17, 15) is 0 Å². The number of ether oxygens (including phenoxy) is 2. The van der Waals surface area contributed by atoms with Crippen molar-refractivity contribution < 1.29 is 9.47 Å². The predicted molar refractivity (Wildman–Crippen MR) is 89.4 cm³/mol. The molecule has 1 aliphatic carbocycles. The van der Waals surface area contributed by atoms with Gasteiger partial charge >= 0.3 is 0 Å². The molecule has 3 nitrogen and oxygen atoms in total. The molecule has 3 unspecified atom stereocenters. The Kier molecular flexibility index (Phi) is 8.84. The third-order valence-electron chi connectivity index (χ3n) is 5.45. The molecule has 0 aromatic heterocycles. The quantitative estimate of drug-likeness (QED) is 0.620. The fraction of sp³-hybridized carbons (Fsp3) is 1.00. The Morgan fingerprint density at radius 1 is 1.10 bits per heavy atom. The van der Waals surface area contributed by atoms with Crippen LogP contribution in [0.15, 0.2) is 0 Å². The average Bonchev–Trinajstić information content (AvgIpc) is 2.50. The van der Waals surface area contributed by atoms with Crippen molar-refractivity contribution >= 4 is 0 Å². The topological polar surface area (TPSA) is 44.5 Å². The zero-order valence-electron chi connectivity index (χ0n) is 14.7. The van der Waals surface area contributed by atoms with E-state index in [1.165, 1.54) is 25.7 Å². The molecule has 1 fully saturated rings. The minimum atomic E-state index is 0.328. The zero-order chi connectivity index (χ0) is 15.7. The Morgan fingerprint density at radius 3 is 2.48 bits per heavy atom. The summed E-state index contributed by atoms with van der Waals surface area (Å²) in [6.07, 6.45) is 7.57. The number of nitrogens with two attached hydrogens (primary N) is 1. The van der Waals surface area contributed by atoms with E-state index < -0.39 is 0 Å². The van der Waals surface area contributed by atoms with E-state index in [0.717, 1.165) is 38.5 Å². The molecule has 0 amide bonds.